The number of piperidine rings is 1. The average Bonchev–Trinajstić information content (AvgIpc) is 2.74. The van der Waals surface area contributed by atoms with Crippen LogP contribution in [0.2, 0.25) is 0 Å². The molecular formula is C21H21N3O3. The average molecular weight is 363 g/mol. The highest BCUT2D eigenvalue weighted by molar-refractivity contribution is 6.00. The first-order valence-corrected chi connectivity index (χ1v) is 9.10. The van der Waals surface area contributed by atoms with Crippen molar-refractivity contribution in [2.24, 2.45) is 5.92 Å². The van der Waals surface area contributed by atoms with E-state index in [2.05, 4.69) is 15.3 Å². The van der Waals surface area contributed by atoms with Gasteiger partial charge in [0.1, 0.15) is 0 Å². The SMILES string of the molecule is O=C(c1ccc(C2=C(c3cnccn3)C(O)OC=C2)cc1)C1CCNCC1. The smallest absolute Gasteiger partial charge is 0.226 e. The normalized spacial score (nSPS) is 20.4. The van der Waals surface area contributed by atoms with Gasteiger partial charge in [0.15, 0.2) is 5.78 Å². The van der Waals surface area contributed by atoms with Gasteiger partial charge in [-0.3, -0.25) is 14.8 Å². The maximum Gasteiger partial charge on any atom is 0.226 e. The van der Waals surface area contributed by atoms with Gasteiger partial charge in [0, 0.05) is 23.9 Å². The molecule has 1 fully saturated rings. The molecule has 1 aromatic carbocycles. The van der Waals surface area contributed by atoms with Crippen LogP contribution in [-0.2, 0) is 4.74 Å². The Morgan fingerprint density at radius 1 is 1.15 bits per heavy atom. The Morgan fingerprint density at radius 2 is 1.93 bits per heavy atom. The van der Waals surface area contributed by atoms with E-state index in [0.29, 0.717) is 11.3 Å². The van der Waals surface area contributed by atoms with Crippen LogP contribution in [-0.4, -0.2) is 40.2 Å². The minimum atomic E-state index is -1.11. The number of hydrogen-bond donors (Lipinski definition) is 2. The summed E-state index contributed by atoms with van der Waals surface area (Å²) in [6, 6.07) is 7.53. The van der Waals surface area contributed by atoms with Crippen LogP contribution in [0.4, 0.5) is 0 Å². The van der Waals surface area contributed by atoms with Crippen molar-refractivity contribution in [2.75, 3.05) is 13.1 Å². The van der Waals surface area contributed by atoms with Crippen molar-refractivity contribution in [2.45, 2.75) is 19.1 Å². The van der Waals surface area contributed by atoms with Gasteiger partial charge in [-0.1, -0.05) is 24.3 Å². The summed E-state index contributed by atoms with van der Waals surface area (Å²) >= 11 is 0. The van der Waals surface area contributed by atoms with Gasteiger partial charge in [-0.2, -0.15) is 0 Å². The summed E-state index contributed by atoms with van der Waals surface area (Å²) in [6.45, 7) is 1.79. The fraction of sp³-hybridized carbons (Fsp3) is 0.286. The number of carbonyl (C=O) groups is 1. The monoisotopic (exact) mass is 363 g/mol. The predicted octanol–water partition coefficient (Wildman–Crippen LogP) is 2.43. The van der Waals surface area contributed by atoms with Crippen molar-refractivity contribution in [1.82, 2.24) is 15.3 Å². The second-order valence-electron chi connectivity index (χ2n) is 6.68. The highest BCUT2D eigenvalue weighted by atomic mass is 16.6. The van der Waals surface area contributed by atoms with Crippen molar-refractivity contribution in [3.8, 4) is 0 Å². The largest absolute Gasteiger partial charge is 0.468 e. The molecule has 0 spiro atoms. The zero-order chi connectivity index (χ0) is 18.6. The van der Waals surface area contributed by atoms with Gasteiger partial charge in [-0.25, -0.2) is 0 Å². The minimum Gasteiger partial charge on any atom is -0.468 e. The maximum absolute atomic E-state index is 12.7. The number of nitrogens with one attached hydrogen (secondary N) is 1. The number of rotatable bonds is 4. The number of aliphatic hydroxyl groups excluding tert-OH is 1. The predicted molar refractivity (Wildman–Crippen MR) is 101 cm³/mol. The number of ketones is 1. The molecule has 0 aliphatic carbocycles. The molecule has 1 aromatic heterocycles. The van der Waals surface area contributed by atoms with E-state index in [9.17, 15) is 9.90 Å². The van der Waals surface area contributed by atoms with Gasteiger partial charge in [-0.15, -0.1) is 0 Å². The Morgan fingerprint density at radius 3 is 2.63 bits per heavy atom. The number of aromatic nitrogens is 2. The van der Waals surface area contributed by atoms with Gasteiger partial charge in [-0.05, 0) is 43.1 Å². The summed E-state index contributed by atoms with van der Waals surface area (Å²) in [6.07, 6.45) is 8.66. The number of carbonyl (C=O) groups excluding carboxylic acids is 1. The van der Waals surface area contributed by atoms with Gasteiger partial charge in [0.05, 0.1) is 23.7 Å². The summed E-state index contributed by atoms with van der Waals surface area (Å²) in [4.78, 5) is 21.0. The van der Waals surface area contributed by atoms with E-state index in [1.54, 1.807) is 24.7 Å². The first-order chi connectivity index (χ1) is 13.2. The second-order valence-corrected chi connectivity index (χ2v) is 6.68. The number of allylic oxidation sites excluding steroid dienone is 2. The molecule has 0 radical (unpaired) electrons. The lowest BCUT2D eigenvalue weighted by molar-refractivity contribution is -0.00407. The van der Waals surface area contributed by atoms with E-state index in [4.69, 9.17) is 4.74 Å². The summed E-state index contributed by atoms with van der Waals surface area (Å²) in [5.41, 5.74) is 3.53. The molecule has 3 heterocycles. The van der Waals surface area contributed by atoms with E-state index < -0.39 is 6.29 Å². The second kappa shape index (κ2) is 7.82. The Kier molecular flexibility index (Phi) is 5.09. The standard InChI is InChI=1S/C21H21N3O3/c25-20(16-5-8-22-9-6-16)15-3-1-14(2-4-15)17-7-12-27-21(26)19(17)18-13-23-10-11-24-18/h1-4,7,10-13,16,21-22,26H,5-6,8-9H2. The van der Waals surface area contributed by atoms with E-state index in [1.165, 1.54) is 6.26 Å². The van der Waals surface area contributed by atoms with Crippen LogP contribution in [0.3, 0.4) is 0 Å². The van der Waals surface area contributed by atoms with E-state index in [0.717, 1.165) is 42.6 Å². The molecule has 0 saturated carbocycles. The molecule has 27 heavy (non-hydrogen) atoms. The molecule has 1 atom stereocenters. The Labute approximate surface area is 157 Å². The lowest BCUT2D eigenvalue weighted by atomic mass is 9.88. The number of benzene rings is 1. The van der Waals surface area contributed by atoms with Crippen molar-refractivity contribution in [3.05, 3.63) is 72.0 Å². The zero-order valence-corrected chi connectivity index (χ0v) is 14.8. The van der Waals surface area contributed by atoms with Crippen molar-refractivity contribution in [1.29, 1.82) is 0 Å². The Balaban J connectivity index is 1.65. The van der Waals surface area contributed by atoms with Crippen molar-refractivity contribution < 1.29 is 14.6 Å². The highest BCUT2D eigenvalue weighted by Crippen LogP contribution is 2.33. The minimum absolute atomic E-state index is 0.0938. The Hall–Kier alpha value is -2.83. The van der Waals surface area contributed by atoms with Crippen LogP contribution < -0.4 is 5.32 Å². The van der Waals surface area contributed by atoms with Gasteiger partial charge >= 0.3 is 0 Å². The van der Waals surface area contributed by atoms with Crippen LogP contribution in [0.25, 0.3) is 11.1 Å². The van der Waals surface area contributed by atoms with Gasteiger partial charge in [0.25, 0.3) is 0 Å². The zero-order valence-electron chi connectivity index (χ0n) is 14.8. The lowest BCUT2D eigenvalue weighted by Gasteiger charge is -2.22. The fourth-order valence-corrected chi connectivity index (χ4v) is 3.56. The van der Waals surface area contributed by atoms with Crippen molar-refractivity contribution >= 4 is 16.9 Å². The molecule has 2 aliphatic heterocycles. The number of aliphatic hydroxyl groups is 1. The molecular weight excluding hydrogens is 342 g/mol. The number of nitrogens with zero attached hydrogens (tertiary/aromatic N) is 2. The number of hydrogen-bond acceptors (Lipinski definition) is 6. The molecule has 2 N–H and O–H groups in total. The van der Waals surface area contributed by atoms with Crippen LogP contribution >= 0.6 is 0 Å². The fourth-order valence-electron chi connectivity index (χ4n) is 3.56. The first kappa shape index (κ1) is 17.6. The molecule has 2 aliphatic rings. The number of ether oxygens (including phenoxy) is 1. The maximum atomic E-state index is 12.7. The van der Waals surface area contributed by atoms with Crippen LogP contribution in [0, 0.1) is 5.92 Å². The van der Waals surface area contributed by atoms with E-state index in [-0.39, 0.29) is 11.7 Å². The lowest BCUT2D eigenvalue weighted by Crippen LogP contribution is -2.31. The van der Waals surface area contributed by atoms with Crippen molar-refractivity contribution in [3.63, 3.8) is 0 Å². The van der Waals surface area contributed by atoms with Gasteiger partial charge in [0.2, 0.25) is 6.29 Å². The third kappa shape index (κ3) is 3.67. The molecule has 4 rings (SSSR count). The molecule has 1 unspecified atom stereocenters. The molecule has 0 amide bonds. The van der Waals surface area contributed by atoms with Gasteiger partial charge < -0.3 is 15.2 Å². The summed E-state index contributed by atoms with van der Waals surface area (Å²) < 4.78 is 5.23. The quantitative estimate of drug-likeness (QED) is 0.812. The number of Topliss-reactive ketones (excluding diaryl/α,β-unsaturated/α-hetero) is 1. The van der Waals surface area contributed by atoms with Crippen LogP contribution in [0.1, 0.15) is 34.5 Å². The molecule has 6 nitrogen and oxygen atoms in total. The van der Waals surface area contributed by atoms with E-state index >= 15 is 0 Å². The van der Waals surface area contributed by atoms with Crippen LogP contribution in [0.15, 0.2) is 55.2 Å². The molecule has 1 saturated heterocycles. The highest BCUT2D eigenvalue weighted by Gasteiger charge is 2.24. The third-order valence-corrected chi connectivity index (χ3v) is 5.01. The molecule has 6 heteroatoms. The summed E-state index contributed by atoms with van der Waals surface area (Å²) in [5.74, 6) is 0.296. The van der Waals surface area contributed by atoms with Crippen LogP contribution in [0.5, 0.6) is 0 Å². The Bertz CT molecular complexity index is 869. The molecule has 0 bridgehead atoms. The third-order valence-electron chi connectivity index (χ3n) is 5.01. The first-order valence-electron chi connectivity index (χ1n) is 9.10. The molecule has 138 valence electrons. The summed E-state index contributed by atoms with van der Waals surface area (Å²) in [7, 11) is 0. The molecule has 2 aromatic rings. The topological polar surface area (TPSA) is 84.3 Å². The summed E-state index contributed by atoms with van der Waals surface area (Å²) in [5, 5.41) is 13.6. The van der Waals surface area contributed by atoms with E-state index in [1.807, 2.05) is 24.3 Å².